The number of carbonyl (C=O) groups excluding carboxylic acids is 1. The van der Waals surface area contributed by atoms with Crippen molar-refractivity contribution in [3.8, 4) is 0 Å². The number of nitrogens with one attached hydrogen (secondary N) is 1. The van der Waals surface area contributed by atoms with E-state index in [0.717, 1.165) is 5.39 Å². The van der Waals surface area contributed by atoms with Crippen molar-refractivity contribution >= 4 is 34.1 Å². The van der Waals surface area contributed by atoms with Crippen LogP contribution < -0.4 is 5.32 Å². The van der Waals surface area contributed by atoms with Crippen molar-refractivity contribution in [1.82, 2.24) is 4.98 Å². The first kappa shape index (κ1) is 12.6. The second-order valence-electron chi connectivity index (χ2n) is 4.31. The highest BCUT2D eigenvalue weighted by Gasteiger charge is 2.09. The number of hydrogen-bond donors (Lipinski definition) is 1. The third-order valence-corrected chi connectivity index (χ3v) is 3.33. The van der Waals surface area contributed by atoms with Crippen LogP contribution in [0.3, 0.4) is 0 Å². The van der Waals surface area contributed by atoms with Crippen LogP contribution in [0.25, 0.3) is 10.9 Å². The van der Waals surface area contributed by atoms with Gasteiger partial charge < -0.3 is 5.32 Å². The van der Waals surface area contributed by atoms with Crippen LogP contribution in [0.4, 0.5) is 5.69 Å². The van der Waals surface area contributed by atoms with Gasteiger partial charge in [-0.05, 0) is 24.3 Å². The predicted molar refractivity (Wildman–Crippen MR) is 81.1 cm³/mol. The van der Waals surface area contributed by atoms with E-state index in [0.29, 0.717) is 21.8 Å². The molecule has 1 heterocycles. The second kappa shape index (κ2) is 5.31. The summed E-state index contributed by atoms with van der Waals surface area (Å²) < 4.78 is 0. The zero-order valence-electron chi connectivity index (χ0n) is 10.5. The average molecular weight is 283 g/mol. The van der Waals surface area contributed by atoms with E-state index in [1.165, 1.54) is 0 Å². The van der Waals surface area contributed by atoms with Gasteiger partial charge in [-0.2, -0.15) is 0 Å². The van der Waals surface area contributed by atoms with Gasteiger partial charge in [0.1, 0.15) is 0 Å². The Hall–Kier alpha value is -2.39. The minimum atomic E-state index is -0.167. The molecule has 0 unspecified atom stereocenters. The molecule has 98 valence electrons. The van der Waals surface area contributed by atoms with Crippen LogP contribution in [0, 0.1) is 0 Å². The quantitative estimate of drug-likeness (QED) is 0.767. The van der Waals surface area contributed by atoms with Gasteiger partial charge in [0.15, 0.2) is 0 Å². The number of benzene rings is 2. The molecule has 0 spiro atoms. The van der Waals surface area contributed by atoms with Gasteiger partial charge in [0.2, 0.25) is 0 Å². The number of amides is 1. The summed E-state index contributed by atoms with van der Waals surface area (Å²) >= 11 is 6.13. The summed E-state index contributed by atoms with van der Waals surface area (Å²) in [7, 11) is 0. The van der Waals surface area contributed by atoms with Crippen molar-refractivity contribution in [1.29, 1.82) is 0 Å². The molecule has 3 nitrogen and oxygen atoms in total. The first-order valence-corrected chi connectivity index (χ1v) is 6.53. The molecule has 3 rings (SSSR count). The summed E-state index contributed by atoms with van der Waals surface area (Å²) in [6.45, 7) is 0. The Kier molecular flexibility index (Phi) is 3.35. The number of nitrogens with zero attached hydrogens (tertiary/aromatic N) is 1. The van der Waals surface area contributed by atoms with Crippen LogP contribution in [0.5, 0.6) is 0 Å². The van der Waals surface area contributed by atoms with Crippen molar-refractivity contribution < 1.29 is 4.79 Å². The fraction of sp³-hybridized carbons (Fsp3) is 0. The SMILES string of the molecule is O=C(Nc1cccc2c(Cl)ccnc12)c1ccccc1. The van der Waals surface area contributed by atoms with Crippen molar-refractivity contribution in [2.45, 2.75) is 0 Å². The molecule has 1 amide bonds. The van der Waals surface area contributed by atoms with Gasteiger partial charge in [-0.1, -0.05) is 41.9 Å². The second-order valence-corrected chi connectivity index (χ2v) is 4.72. The van der Waals surface area contributed by atoms with Crippen molar-refractivity contribution in [2.24, 2.45) is 0 Å². The molecule has 0 fully saturated rings. The number of halogens is 1. The number of hydrogen-bond acceptors (Lipinski definition) is 2. The number of fused-ring (bicyclic) bond motifs is 1. The van der Waals surface area contributed by atoms with Gasteiger partial charge in [0.05, 0.1) is 16.2 Å². The Morgan fingerprint density at radius 1 is 1.00 bits per heavy atom. The third kappa shape index (κ3) is 2.36. The fourth-order valence-electron chi connectivity index (χ4n) is 2.03. The van der Waals surface area contributed by atoms with E-state index in [9.17, 15) is 4.79 Å². The summed E-state index contributed by atoms with van der Waals surface area (Å²) in [6.07, 6.45) is 1.63. The van der Waals surface area contributed by atoms with Crippen LogP contribution >= 0.6 is 11.6 Å². The number of rotatable bonds is 2. The topological polar surface area (TPSA) is 42.0 Å². The molecule has 0 bridgehead atoms. The minimum absolute atomic E-state index is 0.167. The normalized spacial score (nSPS) is 10.4. The van der Waals surface area contributed by atoms with Crippen LogP contribution in [-0.2, 0) is 0 Å². The molecule has 0 aliphatic carbocycles. The lowest BCUT2D eigenvalue weighted by Gasteiger charge is -2.08. The Bertz CT molecular complexity index is 772. The third-order valence-electron chi connectivity index (χ3n) is 3.00. The Morgan fingerprint density at radius 3 is 2.60 bits per heavy atom. The maximum atomic E-state index is 12.2. The number of aromatic nitrogens is 1. The zero-order valence-corrected chi connectivity index (χ0v) is 11.3. The van der Waals surface area contributed by atoms with Gasteiger partial charge in [0, 0.05) is 17.1 Å². The fourth-order valence-corrected chi connectivity index (χ4v) is 2.24. The maximum absolute atomic E-state index is 12.2. The first-order chi connectivity index (χ1) is 9.75. The molecule has 0 saturated heterocycles. The molecule has 1 aromatic heterocycles. The number of para-hydroxylation sites is 1. The zero-order chi connectivity index (χ0) is 13.9. The first-order valence-electron chi connectivity index (χ1n) is 6.15. The van der Waals surface area contributed by atoms with Crippen LogP contribution in [-0.4, -0.2) is 10.9 Å². The summed E-state index contributed by atoms with van der Waals surface area (Å²) in [6, 6.07) is 16.3. The molecular weight excluding hydrogens is 272 g/mol. The molecule has 0 aliphatic rings. The van der Waals surface area contributed by atoms with Crippen LogP contribution in [0.2, 0.25) is 5.02 Å². The minimum Gasteiger partial charge on any atom is -0.320 e. The molecule has 0 radical (unpaired) electrons. The van der Waals surface area contributed by atoms with E-state index in [4.69, 9.17) is 11.6 Å². The monoisotopic (exact) mass is 282 g/mol. The highest BCUT2D eigenvalue weighted by atomic mass is 35.5. The highest BCUT2D eigenvalue weighted by molar-refractivity contribution is 6.35. The largest absolute Gasteiger partial charge is 0.320 e. The lowest BCUT2D eigenvalue weighted by molar-refractivity contribution is 0.102. The summed E-state index contributed by atoms with van der Waals surface area (Å²) in [5.74, 6) is -0.167. The summed E-state index contributed by atoms with van der Waals surface area (Å²) in [4.78, 5) is 16.5. The highest BCUT2D eigenvalue weighted by Crippen LogP contribution is 2.27. The van der Waals surface area contributed by atoms with E-state index in [1.54, 1.807) is 24.4 Å². The lowest BCUT2D eigenvalue weighted by atomic mass is 10.1. The van der Waals surface area contributed by atoms with Gasteiger partial charge in [-0.3, -0.25) is 9.78 Å². The molecule has 0 aliphatic heterocycles. The lowest BCUT2D eigenvalue weighted by Crippen LogP contribution is -2.12. The maximum Gasteiger partial charge on any atom is 0.255 e. The van der Waals surface area contributed by atoms with Gasteiger partial charge in [-0.15, -0.1) is 0 Å². The van der Waals surface area contributed by atoms with E-state index >= 15 is 0 Å². The van der Waals surface area contributed by atoms with Crippen LogP contribution in [0.1, 0.15) is 10.4 Å². The van der Waals surface area contributed by atoms with Crippen molar-refractivity contribution in [2.75, 3.05) is 5.32 Å². The van der Waals surface area contributed by atoms with Crippen molar-refractivity contribution in [3.63, 3.8) is 0 Å². The molecule has 1 N–H and O–H groups in total. The predicted octanol–water partition coefficient (Wildman–Crippen LogP) is 4.14. The molecule has 0 atom stereocenters. The molecule has 0 saturated carbocycles. The molecule has 4 heteroatoms. The van der Waals surface area contributed by atoms with Gasteiger partial charge >= 0.3 is 0 Å². The van der Waals surface area contributed by atoms with E-state index in [-0.39, 0.29) is 5.91 Å². The van der Waals surface area contributed by atoms with Crippen molar-refractivity contribution in [3.05, 3.63) is 71.4 Å². The van der Waals surface area contributed by atoms with E-state index in [1.807, 2.05) is 36.4 Å². The van der Waals surface area contributed by atoms with E-state index < -0.39 is 0 Å². The smallest absolute Gasteiger partial charge is 0.255 e. The summed E-state index contributed by atoms with van der Waals surface area (Å²) in [5, 5.41) is 4.30. The molecule has 2 aromatic carbocycles. The summed E-state index contributed by atoms with van der Waals surface area (Å²) in [5.41, 5.74) is 1.94. The average Bonchev–Trinajstić information content (AvgIpc) is 2.49. The number of anilines is 1. The number of pyridine rings is 1. The van der Waals surface area contributed by atoms with Gasteiger partial charge in [0.25, 0.3) is 5.91 Å². The molecule has 3 aromatic rings. The van der Waals surface area contributed by atoms with Gasteiger partial charge in [-0.25, -0.2) is 0 Å². The van der Waals surface area contributed by atoms with E-state index in [2.05, 4.69) is 10.3 Å². The Labute approximate surface area is 121 Å². The number of carbonyl (C=O) groups is 1. The molecule has 20 heavy (non-hydrogen) atoms. The molecular formula is C16H11ClN2O. The Morgan fingerprint density at radius 2 is 1.80 bits per heavy atom. The van der Waals surface area contributed by atoms with Crippen LogP contribution in [0.15, 0.2) is 60.8 Å². The Balaban J connectivity index is 2.00. The standard InChI is InChI=1S/C16H11ClN2O/c17-13-9-10-18-15-12(13)7-4-8-14(15)19-16(20)11-5-2-1-3-6-11/h1-10H,(H,19,20).